The molecule has 28 heavy (non-hydrogen) atoms. The molecule has 2 rings (SSSR count). The number of nitrogens with one attached hydrogen (secondary N) is 2. The highest BCUT2D eigenvalue weighted by atomic mass is 32.2. The van der Waals surface area contributed by atoms with E-state index in [1.165, 1.54) is 0 Å². The Morgan fingerprint density at radius 2 is 1.75 bits per heavy atom. The molecule has 2 aromatic carbocycles. The third kappa shape index (κ3) is 6.27. The Bertz CT molecular complexity index is 922. The first-order valence-electron chi connectivity index (χ1n) is 9.12. The smallest absolute Gasteiger partial charge is 0.251 e. The highest BCUT2D eigenvalue weighted by Gasteiger charge is 2.18. The highest BCUT2D eigenvalue weighted by molar-refractivity contribution is 7.92. The molecular weight excluding hydrogens is 376 g/mol. The molecule has 0 aliphatic rings. The average molecular weight is 405 g/mol. The number of sulfonamides is 1. The van der Waals surface area contributed by atoms with Gasteiger partial charge in [0.05, 0.1) is 25.1 Å². The summed E-state index contributed by atoms with van der Waals surface area (Å²) in [6, 6.07) is 12.4. The van der Waals surface area contributed by atoms with Gasteiger partial charge in [-0.05, 0) is 54.7 Å². The molecule has 0 saturated carbocycles. The van der Waals surface area contributed by atoms with Crippen LogP contribution in [0.3, 0.4) is 0 Å². The predicted molar refractivity (Wildman–Crippen MR) is 112 cm³/mol. The second-order valence-electron chi connectivity index (χ2n) is 7.33. The Morgan fingerprint density at radius 1 is 1.11 bits per heavy atom. The van der Waals surface area contributed by atoms with E-state index in [1.54, 1.807) is 32.2 Å². The van der Waals surface area contributed by atoms with E-state index < -0.39 is 10.0 Å². The highest BCUT2D eigenvalue weighted by Crippen LogP contribution is 2.25. The number of benzene rings is 2. The third-order valence-electron chi connectivity index (χ3n) is 4.33. The topological polar surface area (TPSA) is 84.5 Å². The first kappa shape index (κ1) is 21.8. The zero-order valence-corrected chi connectivity index (χ0v) is 17.8. The van der Waals surface area contributed by atoms with E-state index in [0.29, 0.717) is 17.2 Å². The molecule has 0 aromatic heterocycles. The van der Waals surface area contributed by atoms with Gasteiger partial charge >= 0.3 is 0 Å². The normalized spacial score (nSPS) is 12.5. The molecule has 0 heterocycles. The number of hydrogen-bond donors (Lipinski definition) is 2. The van der Waals surface area contributed by atoms with Crippen LogP contribution < -0.4 is 14.8 Å². The number of methoxy groups -OCH3 is 1. The first-order chi connectivity index (χ1) is 13.1. The summed E-state index contributed by atoms with van der Waals surface area (Å²) in [5.74, 6) is 0.888. The SMILES string of the molecule is COc1ccc([C@@H](CC(C)C)NC(=O)c2ccc(C)c(NS(C)(=O)=O)c2)cc1. The second kappa shape index (κ2) is 9.10. The minimum Gasteiger partial charge on any atom is -0.497 e. The lowest BCUT2D eigenvalue weighted by molar-refractivity contribution is 0.0932. The molecular formula is C21H28N2O4S. The van der Waals surface area contributed by atoms with Crippen molar-refractivity contribution in [2.24, 2.45) is 5.92 Å². The summed E-state index contributed by atoms with van der Waals surface area (Å²) in [4.78, 5) is 12.8. The van der Waals surface area contributed by atoms with Crippen LogP contribution in [0.25, 0.3) is 0 Å². The van der Waals surface area contributed by atoms with Crippen molar-refractivity contribution in [3.8, 4) is 5.75 Å². The summed E-state index contributed by atoms with van der Waals surface area (Å²) in [7, 11) is -1.81. The van der Waals surface area contributed by atoms with Crippen molar-refractivity contribution in [2.75, 3.05) is 18.1 Å². The van der Waals surface area contributed by atoms with E-state index in [4.69, 9.17) is 4.74 Å². The van der Waals surface area contributed by atoms with Gasteiger partial charge in [-0.3, -0.25) is 9.52 Å². The fourth-order valence-electron chi connectivity index (χ4n) is 2.90. The fraction of sp³-hybridized carbons (Fsp3) is 0.381. The van der Waals surface area contributed by atoms with Gasteiger partial charge in [-0.2, -0.15) is 0 Å². The molecule has 2 aromatic rings. The van der Waals surface area contributed by atoms with Crippen LogP contribution in [0.5, 0.6) is 5.75 Å². The van der Waals surface area contributed by atoms with E-state index in [1.807, 2.05) is 24.3 Å². The lowest BCUT2D eigenvalue weighted by Crippen LogP contribution is -2.29. The Balaban J connectivity index is 2.26. The van der Waals surface area contributed by atoms with Crippen molar-refractivity contribution in [3.05, 3.63) is 59.2 Å². The van der Waals surface area contributed by atoms with Crippen molar-refractivity contribution in [1.82, 2.24) is 5.32 Å². The number of aryl methyl sites for hydroxylation is 1. The van der Waals surface area contributed by atoms with Gasteiger partial charge in [0.15, 0.2) is 0 Å². The Hall–Kier alpha value is -2.54. The van der Waals surface area contributed by atoms with E-state index in [0.717, 1.165) is 29.6 Å². The van der Waals surface area contributed by atoms with E-state index in [9.17, 15) is 13.2 Å². The lowest BCUT2D eigenvalue weighted by atomic mass is 9.96. The van der Waals surface area contributed by atoms with Gasteiger partial charge < -0.3 is 10.1 Å². The predicted octanol–water partition coefficient (Wildman–Crippen LogP) is 3.89. The number of amides is 1. The first-order valence-corrected chi connectivity index (χ1v) is 11.0. The molecule has 1 atom stereocenters. The van der Waals surface area contributed by atoms with Crippen LogP contribution in [-0.4, -0.2) is 27.7 Å². The molecule has 0 spiro atoms. The largest absolute Gasteiger partial charge is 0.497 e. The number of carbonyl (C=O) groups excluding carboxylic acids is 1. The lowest BCUT2D eigenvalue weighted by Gasteiger charge is -2.22. The number of anilines is 1. The minimum atomic E-state index is -3.42. The van der Waals surface area contributed by atoms with Crippen LogP contribution in [0, 0.1) is 12.8 Å². The van der Waals surface area contributed by atoms with Crippen LogP contribution in [0.4, 0.5) is 5.69 Å². The van der Waals surface area contributed by atoms with Gasteiger partial charge in [-0.25, -0.2) is 8.42 Å². The van der Waals surface area contributed by atoms with Crippen molar-refractivity contribution in [1.29, 1.82) is 0 Å². The van der Waals surface area contributed by atoms with Crippen LogP contribution in [0.15, 0.2) is 42.5 Å². The molecule has 7 heteroatoms. The molecule has 0 radical (unpaired) electrons. The Kier molecular flexibility index (Phi) is 7.07. The van der Waals surface area contributed by atoms with Crippen LogP contribution in [0.2, 0.25) is 0 Å². The maximum absolute atomic E-state index is 12.8. The van der Waals surface area contributed by atoms with Gasteiger partial charge in [-0.15, -0.1) is 0 Å². The van der Waals surface area contributed by atoms with Crippen molar-refractivity contribution in [2.45, 2.75) is 33.2 Å². The quantitative estimate of drug-likeness (QED) is 0.699. The summed E-state index contributed by atoms with van der Waals surface area (Å²) < 4.78 is 30.8. The second-order valence-corrected chi connectivity index (χ2v) is 9.08. The summed E-state index contributed by atoms with van der Waals surface area (Å²) in [5.41, 5.74) is 2.54. The van der Waals surface area contributed by atoms with Gasteiger partial charge in [0.1, 0.15) is 5.75 Å². The third-order valence-corrected chi connectivity index (χ3v) is 4.92. The summed E-state index contributed by atoms with van der Waals surface area (Å²) in [6.07, 6.45) is 1.86. The summed E-state index contributed by atoms with van der Waals surface area (Å²) in [5, 5.41) is 3.07. The Morgan fingerprint density at radius 3 is 2.29 bits per heavy atom. The average Bonchev–Trinajstić information content (AvgIpc) is 2.61. The minimum absolute atomic E-state index is 0.161. The monoisotopic (exact) mass is 404 g/mol. The number of ether oxygens (including phenoxy) is 1. The van der Waals surface area contributed by atoms with E-state index in [-0.39, 0.29) is 11.9 Å². The van der Waals surface area contributed by atoms with E-state index in [2.05, 4.69) is 23.9 Å². The van der Waals surface area contributed by atoms with E-state index >= 15 is 0 Å². The molecule has 0 unspecified atom stereocenters. The zero-order valence-electron chi connectivity index (χ0n) is 16.9. The number of rotatable bonds is 8. The van der Waals surface area contributed by atoms with Crippen molar-refractivity contribution in [3.63, 3.8) is 0 Å². The fourth-order valence-corrected chi connectivity index (χ4v) is 3.52. The zero-order chi connectivity index (χ0) is 20.9. The van der Waals surface area contributed by atoms with Crippen LogP contribution in [0.1, 0.15) is 47.8 Å². The maximum atomic E-state index is 12.8. The molecule has 0 fully saturated rings. The van der Waals surface area contributed by atoms with Gasteiger partial charge in [-0.1, -0.05) is 32.0 Å². The van der Waals surface area contributed by atoms with Crippen LogP contribution in [-0.2, 0) is 10.0 Å². The molecule has 1 amide bonds. The number of carbonyl (C=O) groups is 1. The van der Waals surface area contributed by atoms with Crippen LogP contribution >= 0.6 is 0 Å². The van der Waals surface area contributed by atoms with Crippen molar-refractivity contribution >= 4 is 21.6 Å². The number of hydrogen-bond acceptors (Lipinski definition) is 4. The van der Waals surface area contributed by atoms with Gasteiger partial charge in [0.25, 0.3) is 5.91 Å². The maximum Gasteiger partial charge on any atom is 0.251 e. The molecule has 152 valence electrons. The van der Waals surface area contributed by atoms with Gasteiger partial charge in [0, 0.05) is 5.56 Å². The molecule has 0 saturated heterocycles. The Labute approximate surface area is 167 Å². The van der Waals surface area contributed by atoms with Crippen molar-refractivity contribution < 1.29 is 17.9 Å². The standard InChI is InChI=1S/C21H28N2O4S/c1-14(2)12-20(16-8-10-18(27-4)11-9-16)22-21(24)17-7-6-15(3)19(13-17)23-28(5,25)26/h6-11,13-14,20,23H,12H2,1-5H3,(H,22,24)/t20-/m1/s1. The molecule has 6 nitrogen and oxygen atoms in total. The molecule has 2 N–H and O–H groups in total. The summed E-state index contributed by atoms with van der Waals surface area (Å²) >= 11 is 0. The molecule has 0 bridgehead atoms. The summed E-state index contributed by atoms with van der Waals surface area (Å²) in [6.45, 7) is 5.99. The van der Waals surface area contributed by atoms with Gasteiger partial charge in [0.2, 0.25) is 10.0 Å². The molecule has 0 aliphatic carbocycles. The molecule has 0 aliphatic heterocycles.